The van der Waals surface area contributed by atoms with Crippen molar-refractivity contribution in [1.82, 2.24) is 10.2 Å². The Morgan fingerprint density at radius 2 is 1.85 bits per heavy atom. The average Bonchev–Trinajstić information content (AvgIpc) is 3.09. The molecular weight excluding hydrogens is 362 g/mol. The largest absolute Gasteiger partial charge is 0.300 e. The fourth-order valence-corrected chi connectivity index (χ4v) is 4.28. The molecule has 26 heavy (non-hydrogen) atoms. The summed E-state index contributed by atoms with van der Waals surface area (Å²) in [7, 11) is 0. The minimum absolute atomic E-state index is 0.0365. The van der Waals surface area contributed by atoms with Crippen LogP contribution in [0.5, 0.6) is 0 Å². The molecule has 1 aromatic heterocycles. The third kappa shape index (κ3) is 4.51. The molecule has 0 saturated heterocycles. The van der Waals surface area contributed by atoms with Crippen LogP contribution in [0.15, 0.2) is 53.4 Å². The van der Waals surface area contributed by atoms with E-state index in [0.717, 1.165) is 27.5 Å². The van der Waals surface area contributed by atoms with E-state index in [4.69, 9.17) is 0 Å². The quantitative estimate of drug-likeness (QED) is 0.584. The van der Waals surface area contributed by atoms with E-state index in [1.54, 1.807) is 11.8 Å². The molecule has 4 nitrogen and oxygen atoms in total. The number of hydrogen-bond donors (Lipinski definition) is 1. The van der Waals surface area contributed by atoms with Crippen molar-refractivity contribution < 1.29 is 4.79 Å². The number of aromatic nitrogens is 2. The van der Waals surface area contributed by atoms with Gasteiger partial charge in [0, 0.05) is 10.5 Å². The standard InChI is InChI=1S/C20H21N3OS2/c1-4-17(25-15-11-9-13(2)10-12-15)18(24)21-20-23-22-19(26-20)16-8-6-5-7-14(16)3/h5-12,17H,4H2,1-3H3,(H,21,23,24). The van der Waals surface area contributed by atoms with Gasteiger partial charge in [0.15, 0.2) is 0 Å². The molecule has 0 spiro atoms. The molecular formula is C20H21N3OS2. The number of carbonyl (C=O) groups is 1. The van der Waals surface area contributed by atoms with Crippen LogP contribution in [0.4, 0.5) is 5.13 Å². The molecule has 1 atom stereocenters. The van der Waals surface area contributed by atoms with Crippen molar-refractivity contribution in [3.05, 3.63) is 59.7 Å². The van der Waals surface area contributed by atoms with Crippen LogP contribution in [0.2, 0.25) is 0 Å². The first-order valence-corrected chi connectivity index (χ1v) is 10.2. The van der Waals surface area contributed by atoms with Crippen molar-refractivity contribution in [2.24, 2.45) is 0 Å². The summed E-state index contributed by atoms with van der Waals surface area (Å²) in [5.41, 5.74) is 3.40. The maximum Gasteiger partial charge on any atom is 0.239 e. The number of thioether (sulfide) groups is 1. The molecule has 0 aliphatic rings. The normalized spacial score (nSPS) is 12.0. The third-order valence-corrected chi connectivity index (χ3v) is 6.24. The third-order valence-electron chi connectivity index (χ3n) is 3.99. The second kappa shape index (κ2) is 8.47. The van der Waals surface area contributed by atoms with Gasteiger partial charge in [0.1, 0.15) is 5.01 Å². The number of aryl methyl sites for hydroxylation is 2. The minimum Gasteiger partial charge on any atom is -0.300 e. The second-order valence-corrected chi connectivity index (χ2v) is 8.30. The molecule has 0 radical (unpaired) electrons. The molecule has 134 valence electrons. The van der Waals surface area contributed by atoms with Crippen molar-refractivity contribution >= 4 is 34.1 Å². The predicted octanol–water partition coefficient (Wildman–Crippen LogP) is 5.33. The summed E-state index contributed by atoms with van der Waals surface area (Å²) in [5, 5.41) is 12.5. The van der Waals surface area contributed by atoms with E-state index in [-0.39, 0.29) is 11.2 Å². The topological polar surface area (TPSA) is 54.9 Å². The van der Waals surface area contributed by atoms with Crippen LogP contribution in [0, 0.1) is 13.8 Å². The number of nitrogens with zero attached hydrogens (tertiary/aromatic N) is 2. The van der Waals surface area contributed by atoms with Gasteiger partial charge in [-0.25, -0.2) is 0 Å². The summed E-state index contributed by atoms with van der Waals surface area (Å²) < 4.78 is 0. The summed E-state index contributed by atoms with van der Waals surface area (Å²) in [6.07, 6.45) is 0.744. The van der Waals surface area contributed by atoms with Crippen molar-refractivity contribution in [3.8, 4) is 10.6 Å². The summed E-state index contributed by atoms with van der Waals surface area (Å²) in [4.78, 5) is 13.7. The Hall–Kier alpha value is -2.18. The van der Waals surface area contributed by atoms with E-state index in [1.165, 1.54) is 16.9 Å². The SMILES string of the molecule is CCC(Sc1ccc(C)cc1)C(=O)Nc1nnc(-c2ccccc2C)s1. The Balaban J connectivity index is 1.68. The van der Waals surface area contributed by atoms with E-state index >= 15 is 0 Å². The summed E-state index contributed by atoms with van der Waals surface area (Å²) in [6.45, 7) is 6.12. The van der Waals surface area contributed by atoms with Crippen molar-refractivity contribution in [1.29, 1.82) is 0 Å². The highest BCUT2D eigenvalue weighted by atomic mass is 32.2. The lowest BCUT2D eigenvalue weighted by Crippen LogP contribution is -2.24. The molecule has 3 aromatic rings. The number of hydrogen-bond acceptors (Lipinski definition) is 5. The predicted molar refractivity (Wildman–Crippen MR) is 110 cm³/mol. The molecule has 1 amide bonds. The zero-order chi connectivity index (χ0) is 18.5. The van der Waals surface area contributed by atoms with Crippen LogP contribution in [-0.4, -0.2) is 21.4 Å². The highest BCUT2D eigenvalue weighted by molar-refractivity contribution is 8.00. The van der Waals surface area contributed by atoms with Gasteiger partial charge >= 0.3 is 0 Å². The number of carbonyl (C=O) groups excluding carboxylic acids is 1. The lowest BCUT2D eigenvalue weighted by molar-refractivity contribution is -0.115. The van der Waals surface area contributed by atoms with Crippen LogP contribution in [0.1, 0.15) is 24.5 Å². The van der Waals surface area contributed by atoms with Gasteiger partial charge in [0.25, 0.3) is 0 Å². The first-order chi connectivity index (χ1) is 12.6. The molecule has 2 aromatic carbocycles. The Labute approximate surface area is 162 Å². The van der Waals surface area contributed by atoms with Crippen molar-refractivity contribution in [3.63, 3.8) is 0 Å². The van der Waals surface area contributed by atoms with Gasteiger partial charge < -0.3 is 0 Å². The number of benzene rings is 2. The van der Waals surface area contributed by atoms with Crippen LogP contribution in [0.3, 0.4) is 0 Å². The number of rotatable bonds is 6. The Bertz CT molecular complexity index is 890. The molecule has 0 aliphatic heterocycles. The van der Waals surface area contributed by atoms with Crippen LogP contribution in [0.25, 0.3) is 10.6 Å². The van der Waals surface area contributed by atoms with Gasteiger partial charge in [-0.15, -0.1) is 22.0 Å². The van der Waals surface area contributed by atoms with Gasteiger partial charge in [-0.1, -0.05) is 60.2 Å². The molecule has 1 unspecified atom stereocenters. The van der Waals surface area contributed by atoms with Gasteiger partial charge in [-0.2, -0.15) is 0 Å². The number of amides is 1. The van der Waals surface area contributed by atoms with Gasteiger partial charge in [-0.05, 0) is 38.0 Å². The lowest BCUT2D eigenvalue weighted by Gasteiger charge is -2.13. The Morgan fingerprint density at radius 1 is 1.12 bits per heavy atom. The van der Waals surface area contributed by atoms with Gasteiger partial charge in [0.2, 0.25) is 11.0 Å². The molecule has 1 N–H and O–H groups in total. The fraction of sp³-hybridized carbons (Fsp3) is 0.250. The molecule has 6 heteroatoms. The molecule has 0 aliphatic carbocycles. The van der Waals surface area contributed by atoms with E-state index in [0.29, 0.717) is 5.13 Å². The van der Waals surface area contributed by atoms with E-state index < -0.39 is 0 Å². The maximum atomic E-state index is 12.6. The minimum atomic E-state index is -0.163. The maximum absolute atomic E-state index is 12.6. The summed E-state index contributed by atoms with van der Waals surface area (Å²) >= 11 is 2.98. The lowest BCUT2D eigenvalue weighted by atomic mass is 10.1. The van der Waals surface area contributed by atoms with Crippen LogP contribution >= 0.6 is 23.1 Å². The molecule has 0 bridgehead atoms. The van der Waals surface area contributed by atoms with Gasteiger partial charge in [0.05, 0.1) is 5.25 Å². The van der Waals surface area contributed by atoms with Crippen molar-refractivity contribution in [2.45, 2.75) is 37.3 Å². The first kappa shape index (κ1) is 18.6. The first-order valence-electron chi connectivity index (χ1n) is 8.50. The van der Waals surface area contributed by atoms with Crippen molar-refractivity contribution in [2.75, 3.05) is 5.32 Å². The monoisotopic (exact) mass is 383 g/mol. The molecule has 1 heterocycles. The van der Waals surface area contributed by atoms with E-state index in [2.05, 4.69) is 46.7 Å². The second-order valence-electron chi connectivity index (χ2n) is 6.04. The molecule has 0 fully saturated rings. The van der Waals surface area contributed by atoms with Crippen LogP contribution in [-0.2, 0) is 4.79 Å². The Kier molecular flexibility index (Phi) is 6.06. The van der Waals surface area contributed by atoms with E-state index in [1.807, 2.05) is 38.1 Å². The highest BCUT2D eigenvalue weighted by Crippen LogP contribution is 2.30. The zero-order valence-electron chi connectivity index (χ0n) is 15.0. The smallest absolute Gasteiger partial charge is 0.239 e. The number of nitrogens with one attached hydrogen (secondary N) is 1. The summed E-state index contributed by atoms with van der Waals surface area (Å²) in [5.74, 6) is -0.0365. The van der Waals surface area contributed by atoms with E-state index in [9.17, 15) is 4.79 Å². The molecule has 0 saturated carbocycles. The fourth-order valence-electron chi connectivity index (χ4n) is 2.48. The number of anilines is 1. The molecule has 3 rings (SSSR count). The average molecular weight is 384 g/mol. The van der Waals surface area contributed by atoms with Crippen LogP contribution < -0.4 is 5.32 Å². The highest BCUT2D eigenvalue weighted by Gasteiger charge is 2.20. The zero-order valence-corrected chi connectivity index (χ0v) is 16.7. The Morgan fingerprint density at radius 3 is 2.54 bits per heavy atom. The van der Waals surface area contributed by atoms with Gasteiger partial charge in [-0.3, -0.25) is 10.1 Å². The summed E-state index contributed by atoms with van der Waals surface area (Å²) in [6, 6.07) is 16.3.